The Labute approximate surface area is 138 Å². The molecule has 0 fully saturated rings. The van der Waals surface area contributed by atoms with E-state index in [0.717, 1.165) is 10.9 Å². The summed E-state index contributed by atoms with van der Waals surface area (Å²) in [4.78, 5) is 23.8. The predicted molar refractivity (Wildman–Crippen MR) is 91.4 cm³/mol. The maximum absolute atomic E-state index is 12.3. The van der Waals surface area contributed by atoms with Crippen molar-refractivity contribution in [1.29, 1.82) is 0 Å². The topological polar surface area (TPSA) is 68.5 Å². The molecular weight excluding hydrogens is 306 g/mol. The number of carbonyl (C=O) groups is 1. The number of ether oxygens (including phenoxy) is 1. The molecule has 0 atom stereocenters. The summed E-state index contributed by atoms with van der Waals surface area (Å²) >= 11 is 0. The second-order valence-electron chi connectivity index (χ2n) is 5.47. The van der Waals surface area contributed by atoms with Crippen LogP contribution in [0.3, 0.4) is 0 Å². The van der Waals surface area contributed by atoms with Gasteiger partial charge in [0.05, 0.1) is 12.7 Å². The second kappa shape index (κ2) is 6.58. The molecule has 0 aliphatic rings. The normalized spacial score (nSPS) is 10.6. The fraction of sp³-hybridized carbons (Fsp3) is 0.158. The van der Waals surface area contributed by atoms with Gasteiger partial charge in [-0.3, -0.25) is 4.79 Å². The van der Waals surface area contributed by atoms with E-state index in [1.165, 1.54) is 7.11 Å². The molecule has 5 heteroatoms. The first kappa shape index (κ1) is 15.8. The van der Waals surface area contributed by atoms with E-state index in [9.17, 15) is 9.59 Å². The third-order valence-corrected chi connectivity index (χ3v) is 3.78. The van der Waals surface area contributed by atoms with Gasteiger partial charge in [-0.05, 0) is 42.8 Å². The summed E-state index contributed by atoms with van der Waals surface area (Å²) in [5.41, 5.74) is 2.16. The van der Waals surface area contributed by atoms with Crippen molar-refractivity contribution < 1.29 is 13.9 Å². The van der Waals surface area contributed by atoms with Crippen LogP contribution in [-0.4, -0.2) is 13.0 Å². The Balaban J connectivity index is 1.79. The average Bonchev–Trinajstić information content (AvgIpc) is 2.60. The third kappa shape index (κ3) is 3.15. The Morgan fingerprint density at radius 2 is 1.96 bits per heavy atom. The van der Waals surface area contributed by atoms with Crippen LogP contribution in [-0.2, 0) is 6.54 Å². The second-order valence-corrected chi connectivity index (χ2v) is 5.47. The molecule has 24 heavy (non-hydrogen) atoms. The molecule has 0 saturated carbocycles. The molecule has 1 N–H and O–H groups in total. The van der Waals surface area contributed by atoms with Gasteiger partial charge in [0.2, 0.25) is 0 Å². The summed E-state index contributed by atoms with van der Waals surface area (Å²) in [6.07, 6.45) is 0. The molecule has 1 heterocycles. The highest BCUT2D eigenvalue weighted by Gasteiger charge is 2.11. The minimum Gasteiger partial charge on any atom is -0.496 e. The molecule has 3 rings (SSSR count). The summed E-state index contributed by atoms with van der Waals surface area (Å²) < 4.78 is 10.4. The fourth-order valence-corrected chi connectivity index (χ4v) is 2.50. The summed E-state index contributed by atoms with van der Waals surface area (Å²) in [6, 6.07) is 14.3. The number of fused-ring (bicyclic) bond motifs is 1. The molecule has 2 aromatic carbocycles. The molecule has 0 unspecified atom stereocenters. The van der Waals surface area contributed by atoms with Crippen LogP contribution in [0.25, 0.3) is 11.0 Å². The van der Waals surface area contributed by atoms with Crippen molar-refractivity contribution in [2.24, 2.45) is 0 Å². The van der Waals surface area contributed by atoms with Gasteiger partial charge in [0.25, 0.3) is 5.91 Å². The maximum atomic E-state index is 12.3. The van der Waals surface area contributed by atoms with Crippen molar-refractivity contribution in [3.8, 4) is 5.75 Å². The van der Waals surface area contributed by atoms with Gasteiger partial charge in [0, 0.05) is 17.5 Å². The van der Waals surface area contributed by atoms with Crippen molar-refractivity contribution in [1.82, 2.24) is 5.32 Å². The van der Waals surface area contributed by atoms with E-state index >= 15 is 0 Å². The smallest absolute Gasteiger partial charge is 0.339 e. The first-order valence-corrected chi connectivity index (χ1v) is 7.53. The van der Waals surface area contributed by atoms with Crippen LogP contribution in [0.15, 0.2) is 57.7 Å². The summed E-state index contributed by atoms with van der Waals surface area (Å²) in [5, 5.41) is 3.70. The van der Waals surface area contributed by atoms with E-state index in [4.69, 9.17) is 9.15 Å². The van der Waals surface area contributed by atoms with E-state index in [1.807, 2.05) is 18.2 Å². The zero-order valence-electron chi connectivity index (χ0n) is 13.5. The Morgan fingerprint density at radius 3 is 2.75 bits per heavy atom. The monoisotopic (exact) mass is 323 g/mol. The lowest BCUT2D eigenvalue weighted by atomic mass is 10.1. The zero-order chi connectivity index (χ0) is 17.1. The lowest BCUT2D eigenvalue weighted by molar-refractivity contribution is 0.0948. The number of nitrogens with one attached hydrogen (secondary N) is 1. The first-order chi connectivity index (χ1) is 11.6. The van der Waals surface area contributed by atoms with Crippen molar-refractivity contribution in [2.75, 3.05) is 7.11 Å². The minimum atomic E-state index is -0.334. The van der Waals surface area contributed by atoms with Crippen molar-refractivity contribution in [3.05, 3.63) is 75.6 Å². The molecule has 3 aromatic rings. The first-order valence-electron chi connectivity index (χ1n) is 7.53. The summed E-state index contributed by atoms with van der Waals surface area (Å²) in [5.74, 6) is 0.328. The van der Waals surface area contributed by atoms with Gasteiger partial charge >= 0.3 is 5.63 Å². The molecule has 0 saturated heterocycles. The number of carbonyl (C=O) groups excluding carboxylic acids is 1. The molecule has 0 radical (unpaired) electrons. The lowest BCUT2D eigenvalue weighted by Crippen LogP contribution is -2.23. The van der Waals surface area contributed by atoms with Crippen LogP contribution >= 0.6 is 0 Å². The number of rotatable bonds is 4. The van der Waals surface area contributed by atoms with Gasteiger partial charge in [0.1, 0.15) is 11.3 Å². The van der Waals surface area contributed by atoms with Crippen LogP contribution in [0.2, 0.25) is 0 Å². The number of hydrogen-bond donors (Lipinski definition) is 1. The van der Waals surface area contributed by atoms with Gasteiger partial charge in [-0.1, -0.05) is 18.2 Å². The quantitative estimate of drug-likeness (QED) is 0.749. The predicted octanol–water partition coefficient (Wildman–Crippen LogP) is 3.04. The van der Waals surface area contributed by atoms with Gasteiger partial charge < -0.3 is 14.5 Å². The minimum absolute atomic E-state index is 0.205. The number of methoxy groups -OCH3 is 1. The fourth-order valence-electron chi connectivity index (χ4n) is 2.50. The van der Waals surface area contributed by atoms with E-state index in [1.54, 1.807) is 37.3 Å². The number of amides is 1. The molecule has 0 aliphatic heterocycles. The molecule has 0 bridgehead atoms. The molecular formula is C19H17NO4. The lowest BCUT2D eigenvalue weighted by Gasteiger charge is -2.09. The number of para-hydroxylation sites is 1. The highest BCUT2D eigenvalue weighted by molar-refractivity contribution is 5.96. The Bertz CT molecular complexity index is 959. The van der Waals surface area contributed by atoms with E-state index in [-0.39, 0.29) is 11.5 Å². The van der Waals surface area contributed by atoms with Crippen molar-refractivity contribution >= 4 is 16.9 Å². The summed E-state index contributed by atoms with van der Waals surface area (Å²) in [6.45, 7) is 2.08. The third-order valence-electron chi connectivity index (χ3n) is 3.78. The average molecular weight is 323 g/mol. The standard InChI is InChI=1S/C19H17NO4/c1-12-9-14-10-13(7-8-16(14)24-19(12)22)11-20-18(21)15-5-3-4-6-17(15)23-2/h3-10H,11H2,1-2H3,(H,20,21). The Hall–Kier alpha value is -3.08. The van der Waals surface area contributed by atoms with Crippen LogP contribution < -0.4 is 15.7 Å². The van der Waals surface area contributed by atoms with E-state index in [2.05, 4.69) is 5.32 Å². The van der Waals surface area contributed by atoms with Crippen molar-refractivity contribution in [3.63, 3.8) is 0 Å². The van der Waals surface area contributed by atoms with Gasteiger partial charge in [0.15, 0.2) is 0 Å². The van der Waals surface area contributed by atoms with Gasteiger partial charge in [-0.2, -0.15) is 0 Å². The molecule has 5 nitrogen and oxygen atoms in total. The molecule has 0 spiro atoms. The van der Waals surface area contributed by atoms with Crippen LogP contribution in [0.1, 0.15) is 21.5 Å². The molecule has 122 valence electrons. The zero-order valence-corrected chi connectivity index (χ0v) is 13.5. The van der Waals surface area contributed by atoms with Crippen LogP contribution in [0.5, 0.6) is 5.75 Å². The van der Waals surface area contributed by atoms with Gasteiger partial charge in [-0.15, -0.1) is 0 Å². The van der Waals surface area contributed by atoms with Gasteiger partial charge in [-0.25, -0.2) is 4.79 Å². The number of hydrogen-bond acceptors (Lipinski definition) is 4. The summed E-state index contributed by atoms with van der Waals surface area (Å²) in [7, 11) is 1.53. The molecule has 1 amide bonds. The Morgan fingerprint density at radius 1 is 1.17 bits per heavy atom. The maximum Gasteiger partial charge on any atom is 0.339 e. The van der Waals surface area contributed by atoms with Crippen LogP contribution in [0, 0.1) is 6.92 Å². The van der Waals surface area contributed by atoms with Crippen LogP contribution in [0.4, 0.5) is 0 Å². The largest absolute Gasteiger partial charge is 0.496 e. The highest BCUT2D eigenvalue weighted by atomic mass is 16.5. The number of benzene rings is 2. The molecule has 1 aromatic heterocycles. The molecule has 0 aliphatic carbocycles. The SMILES string of the molecule is COc1ccccc1C(=O)NCc1ccc2oc(=O)c(C)cc2c1. The van der Waals surface area contributed by atoms with E-state index in [0.29, 0.717) is 29.0 Å². The number of aryl methyl sites for hydroxylation is 1. The highest BCUT2D eigenvalue weighted by Crippen LogP contribution is 2.18. The Kier molecular flexibility index (Phi) is 4.33. The van der Waals surface area contributed by atoms with E-state index < -0.39 is 0 Å². The van der Waals surface area contributed by atoms with Crippen molar-refractivity contribution in [2.45, 2.75) is 13.5 Å².